The van der Waals surface area contributed by atoms with E-state index in [4.69, 9.17) is 4.74 Å². The Hall–Kier alpha value is -3.11. The van der Waals surface area contributed by atoms with E-state index in [1.165, 1.54) is 24.3 Å². The molecule has 0 radical (unpaired) electrons. The van der Waals surface area contributed by atoms with Crippen molar-refractivity contribution in [2.75, 3.05) is 0 Å². The van der Waals surface area contributed by atoms with Crippen LogP contribution >= 0.6 is 0 Å². The maximum Gasteiger partial charge on any atom is 0.171 e. The van der Waals surface area contributed by atoms with Crippen molar-refractivity contribution >= 4 is 11.8 Å². The van der Waals surface area contributed by atoms with E-state index < -0.39 is 0 Å². The molecule has 29 heavy (non-hydrogen) atoms. The molecule has 0 aromatic heterocycles. The molecule has 0 aliphatic rings. The minimum atomic E-state index is -0.273. The third-order valence-electron chi connectivity index (χ3n) is 4.47. The van der Waals surface area contributed by atoms with Crippen molar-refractivity contribution < 1.29 is 13.5 Å². The van der Waals surface area contributed by atoms with E-state index in [1.54, 1.807) is 24.3 Å². The Morgan fingerprint density at radius 3 is 1.55 bits per heavy atom. The standard InChI is InChI=1S/C25H18F2OS/c26-20-10-6-18(7-11-20)25(19-8-12-21(27)13-9-19)29-24-16-14-23(15-17-24)28-22-4-2-1-3-5-22/h1-17,25H/p+1. The molecular formula is C25H19F2OS+. The molecule has 0 unspecified atom stereocenters. The molecule has 0 saturated heterocycles. The summed E-state index contributed by atoms with van der Waals surface area (Å²) in [7, 11) is 0. The van der Waals surface area contributed by atoms with Gasteiger partial charge in [-0.15, -0.1) is 0 Å². The van der Waals surface area contributed by atoms with Gasteiger partial charge in [0.1, 0.15) is 23.1 Å². The van der Waals surface area contributed by atoms with Crippen LogP contribution in [0.5, 0.6) is 11.5 Å². The SMILES string of the molecule is Fc1ccc(C([SH+]c2ccc(Oc3ccccc3)cc2)c2ccc(F)cc2)cc1. The van der Waals surface area contributed by atoms with Crippen LogP contribution in [0, 0.1) is 11.6 Å². The zero-order valence-electron chi connectivity index (χ0n) is 15.5. The van der Waals surface area contributed by atoms with Gasteiger partial charge < -0.3 is 4.74 Å². The molecule has 144 valence electrons. The van der Waals surface area contributed by atoms with Crippen LogP contribution < -0.4 is 4.74 Å². The van der Waals surface area contributed by atoms with Crippen molar-refractivity contribution in [2.45, 2.75) is 10.1 Å². The quantitative estimate of drug-likeness (QED) is 0.256. The van der Waals surface area contributed by atoms with Crippen LogP contribution in [-0.2, 0) is 11.8 Å². The second-order valence-electron chi connectivity index (χ2n) is 6.54. The molecule has 0 saturated carbocycles. The average Bonchev–Trinajstić information content (AvgIpc) is 2.75. The van der Waals surface area contributed by atoms with Gasteiger partial charge in [-0.1, -0.05) is 42.5 Å². The van der Waals surface area contributed by atoms with E-state index in [0.717, 1.165) is 39.3 Å². The van der Waals surface area contributed by atoms with Gasteiger partial charge in [0, 0.05) is 22.9 Å². The van der Waals surface area contributed by atoms with Gasteiger partial charge in [0.25, 0.3) is 0 Å². The van der Waals surface area contributed by atoms with Crippen molar-refractivity contribution in [3.8, 4) is 11.5 Å². The first-order valence-corrected chi connectivity index (χ1v) is 10.2. The normalized spacial score (nSPS) is 10.9. The van der Waals surface area contributed by atoms with Crippen LogP contribution in [0.1, 0.15) is 16.4 Å². The lowest BCUT2D eigenvalue weighted by Crippen LogP contribution is -2.04. The molecule has 0 bridgehead atoms. The van der Waals surface area contributed by atoms with Crippen molar-refractivity contribution in [1.29, 1.82) is 0 Å². The van der Waals surface area contributed by atoms with E-state index in [0.29, 0.717) is 0 Å². The fourth-order valence-corrected chi connectivity index (χ4v) is 4.27. The molecule has 0 fully saturated rings. The second-order valence-corrected chi connectivity index (χ2v) is 7.83. The monoisotopic (exact) mass is 405 g/mol. The molecule has 4 rings (SSSR count). The number of benzene rings is 4. The van der Waals surface area contributed by atoms with Crippen molar-refractivity contribution in [3.05, 3.63) is 126 Å². The highest BCUT2D eigenvalue weighted by molar-refractivity contribution is 7.79. The van der Waals surface area contributed by atoms with E-state index in [-0.39, 0.29) is 16.9 Å². The molecule has 0 N–H and O–H groups in total. The summed E-state index contributed by atoms with van der Waals surface area (Å²) in [6, 6.07) is 30.5. The fraction of sp³-hybridized carbons (Fsp3) is 0.0400. The van der Waals surface area contributed by atoms with Gasteiger partial charge in [0.15, 0.2) is 10.1 Å². The average molecular weight is 405 g/mol. The molecule has 0 atom stereocenters. The summed E-state index contributed by atoms with van der Waals surface area (Å²) >= 11 is 1.01. The van der Waals surface area contributed by atoms with Crippen LogP contribution in [0.15, 0.2) is 108 Å². The Labute approximate surface area is 173 Å². The van der Waals surface area contributed by atoms with Gasteiger partial charge in [-0.05, 0) is 60.7 Å². The van der Waals surface area contributed by atoms with Crippen LogP contribution in [0.25, 0.3) is 0 Å². The molecule has 4 heteroatoms. The lowest BCUT2D eigenvalue weighted by Gasteiger charge is -2.12. The van der Waals surface area contributed by atoms with Gasteiger partial charge in [-0.2, -0.15) is 0 Å². The number of ether oxygens (including phenoxy) is 1. The summed E-state index contributed by atoms with van der Waals surface area (Å²) in [6.45, 7) is 0. The largest absolute Gasteiger partial charge is 0.457 e. The Kier molecular flexibility index (Phi) is 5.92. The van der Waals surface area contributed by atoms with E-state index in [1.807, 2.05) is 54.6 Å². The first-order chi connectivity index (χ1) is 14.2. The Morgan fingerprint density at radius 1 is 0.552 bits per heavy atom. The molecule has 0 spiro atoms. The van der Waals surface area contributed by atoms with Gasteiger partial charge in [0.2, 0.25) is 0 Å². The first-order valence-electron chi connectivity index (χ1n) is 9.22. The van der Waals surface area contributed by atoms with Crippen LogP contribution in [0.3, 0.4) is 0 Å². The van der Waals surface area contributed by atoms with Crippen molar-refractivity contribution in [3.63, 3.8) is 0 Å². The summed E-state index contributed by atoms with van der Waals surface area (Å²) in [5, 5.41) is -0.0305. The molecule has 4 aromatic carbocycles. The topological polar surface area (TPSA) is 9.23 Å². The third-order valence-corrected chi connectivity index (χ3v) is 5.92. The lowest BCUT2D eigenvalue weighted by molar-refractivity contribution is 0.482. The summed E-state index contributed by atoms with van der Waals surface area (Å²) in [6.07, 6.45) is 0. The third kappa shape index (κ3) is 5.04. The van der Waals surface area contributed by atoms with Gasteiger partial charge >= 0.3 is 0 Å². The zero-order valence-corrected chi connectivity index (χ0v) is 16.4. The first kappa shape index (κ1) is 19.2. The van der Waals surface area contributed by atoms with Crippen molar-refractivity contribution in [1.82, 2.24) is 0 Å². The van der Waals surface area contributed by atoms with Gasteiger partial charge in [-0.3, -0.25) is 0 Å². The van der Waals surface area contributed by atoms with Crippen LogP contribution in [0.2, 0.25) is 0 Å². The molecule has 4 aromatic rings. The number of hydrogen-bond donors (Lipinski definition) is 0. The molecule has 0 aliphatic heterocycles. The molecular weight excluding hydrogens is 386 g/mol. The van der Waals surface area contributed by atoms with Gasteiger partial charge in [0.05, 0.1) is 0 Å². The fourth-order valence-electron chi connectivity index (χ4n) is 3.01. The highest BCUT2D eigenvalue weighted by atomic mass is 32.2. The van der Waals surface area contributed by atoms with E-state index in [2.05, 4.69) is 0 Å². The smallest absolute Gasteiger partial charge is 0.171 e. The molecule has 0 amide bonds. The van der Waals surface area contributed by atoms with Crippen molar-refractivity contribution in [2.24, 2.45) is 0 Å². The molecule has 0 aliphatic carbocycles. The summed E-state index contributed by atoms with van der Waals surface area (Å²) in [5.74, 6) is 1.000. The second kappa shape index (κ2) is 8.93. The summed E-state index contributed by atoms with van der Waals surface area (Å²) in [5.41, 5.74) is 1.95. The minimum Gasteiger partial charge on any atom is -0.457 e. The number of halogens is 2. The molecule has 1 nitrogen and oxygen atoms in total. The summed E-state index contributed by atoms with van der Waals surface area (Å²) in [4.78, 5) is 1.09. The predicted octanol–water partition coefficient (Wildman–Crippen LogP) is 6.72. The van der Waals surface area contributed by atoms with Crippen LogP contribution in [0.4, 0.5) is 8.78 Å². The Balaban J connectivity index is 1.57. The summed E-state index contributed by atoms with van der Waals surface area (Å²) < 4.78 is 32.6. The van der Waals surface area contributed by atoms with E-state index >= 15 is 0 Å². The lowest BCUT2D eigenvalue weighted by atomic mass is 10.0. The number of rotatable bonds is 6. The minimum absolute atomic E-state index is 0.0305. The Morgan fingerprint density at radius 2 is 1.03 bits per heavy atom. The van der Waals surface area contributed by atoms with E-state index in [9.17, 15) is 8.78 Å². The highest BCUT2D eigenvalue weighted by Gasteiger charge is 2.23. The zero-order chi connectivity index (χ0) is 20.1. The maximum absolute atomic E-state index is 13.4. The highest BCUT2D eigenvalue weighted by Crippen LogP contribution is 2.31. The van der Waals surface area contributed by atoms with Crippen LogP contribution in [-0.4, -0.2) is 0 Å². The Bertz CT molecular complexity index is 1000. The number of hydrogen-bond acceptors (Lipinski definition) is 1. The number of thiol groups is 1. The number of para-hydroxylation sites is 1. The molecule has 0 heterocycles. The van der Waals surface area contributed by atoms with Gasteiger partial charge in [-0.25, -0.2) is 8.78 Å². The maximum atomic E-state index is 13.4. The predicted molar refractivity (Wildman–Crippen MR) is 115 cm³/mol.